The lowest BCUT2D eigenvalue weighted by Crippen LogP contribution is -2.35. The van der Waals surface area contributed by atoms with Crippen molar-refractivity contribution in [3.05, 3.63) is 88.0 Å². The molecule has 0 bridgehead atoms. The molecule has 1 aliphatic heterocycles. The summed E-state index contributed by atoms with van der Waals surface area (Å²) in [4.78, 5) is 43.2. The van der Waals surface area contributed by atoms with Gasteiger partial charge in [0.15, 0.2) is 5.17 Å². The van der Waals surface area contributed by atoms with Gasteiger partial charge in [0.1, 0.15) is 16.7 Å². The van der Waals surface area contributed by atoms with E-state index in [2.05, 4.69) is 5.32 Å². The fraction of sp³-hybridized carbons (Fsp3) is 0.250. The van der Waals surface area contributed by atoms with Gasteiger partial charge < -0.3 is 14.8 Å². The number of rotatable bonds is 10. The Labute approximate surface area is 230 Å². The number of nitrogens with zero attached hydrogens (tertiary/aromatic N) is 3. The van der Waals surface area contributed by atoms with Crippen molar-refractivity contribution in [1.29, 1.82) is 0 Å². The first-order valence-electron chi connectivity index (χ1n) is 12.2. The number of anilines is 1. The van der Waals surface area contributed by atoms with Gasteiger partial charge in [-0.2, -0.15) is 0 Å². The van der Waals surface area contributed by atoms with E-state index in [1.54, 1.807) is 12.0 Å². The molecule has 1 aliphatic rings. The maximum absolute atomic E-state index is 13.4. The quantitative estimate of drug-likeness (QED) is 0.275. The predicted molar refractivity (Wildman–Crippen MR) is 151 cm³/mol. The maximum atomic E-state index is 13.4. The molecule has 202 valence electrons. The fourth-order valence-electron chi connectivity index (χ4n) is 3.96. The number of amidine groups is 1. The van der Waals surface area contributed by atoms with Crippen molar-refractivity contribution < 1.29 is 24.0 Å². The highest BCUT2D eigenvalue weighted by Crippen LogP contribution is 2.33. The van der Waals surface area contributed by atoms with Gasteiger partial charge in [-0.25, -0.2) is 4.99 Å². The average molecular weight is 549 g/mol. The van der Waals surface area contributed by atoms with Crippen molar-refractivity contribution in [2.24, 2.45) is 4.99 Å². The minimum atomic E-state index is -0.672. The van der Waals surface area contributed by atoms with Gasteiger partial charge in [-0.15, -0.1) is 0 Å². The second-order valence-electron chi connectivity index (χ2n) is 8.82. The van der Waals surface area contributed by atoms with Gasteiger partial charge in [0.2, 0.25) is 11.8 Å². The molecule has 0 spiro atoms. The summed E-state index contributed by atoms with van der Waals surface area (Å²) < 4.78 is 10.4. The van der Waals surface area contributed by atoms with Crippen LogP contribution in [0.2, 0.25) is 0 Å². The van der Waals surface area contributed by atoms with Crippen LogP contribution in [0.5, 0.6) is 11.5 Å². The number of methoxy groups -OCH3 is 2. The van der Waals surface area contributed by atoms with Gasteiger partial charge in [-0.05, 0) is 49.2 Å². The Balaban J connectivity index is 1.50. The van der Waals surface area contributed by atoms with Crippen LogP contribution in [0.4, 0.5) is 17.1 Å². The highest BCUT2D eigenvalue weighted by atomic mass is 32.2. The number of carbonyl (C=O) groups is 2. The van der Waals surface area contributed by atoms with Crippen LogP contribution in [-0.2, 0) is 16.0 Å². The number of thioether (sulfide) groups is 1. The Hall–Kier alpha value is -4.38. The number of carbonyl (C=O) groups excluding carboxylic acids is 2. The minimum Gasteiger partial charge on any atom is -0.497 e. The van der Waals surface area contributed by atoms with Gasteiger partial charge in [0.05, 0.1) is 36.6 Å². The number of benzene rings is 3. The van der Waals surface area contributed by atoms with Crippen LogP contribution >= 0.6 is 11.8 Å². The average Bonchev–Trinajstić information content (AvgIpc) is 3.22. The molecule has 1 unspecified atom stereocenters. The van der Waals surface area contributed by atoms with Crippen molar-refractivity contribution in [3.8, 4) is 11.5 Å². The van der Waals surface area contributed by atoms with E-state index >= 15 is 0 Å². The molecule has 1 N–H and O–H groups in total. The Morgan fingerprint density at radius 3 is 2.44 bits per heavy atom. The van der Waals surface area contributed by atoms with Gasteiger partial charge in [-0.3, -0.25) is 24.6 Å². The molecule has 0 aliphatic carbocycles. The van der Waals surface area contributed by atoms with Gasteiger partial charge >= 0.3 is 0 Å². The van der Waals surface area contributed by atoms with E-state index in [0.717, 1.165) is 16.9 Å². The first kappa shape index (κ1) is 27.6. The molecule has 2 amide bonds. The molecule has 3 aromatic rings. The van der Waals surface area contributed by atoms with Crippen molar-refractivity contribution in [3.63, 3.8) is 0 Å². The predicted octanol–water partition coefficient (Wildman–Crippen LogP) is 5.12. The summed E-state index contributed by atoms with van der Waals surface area (Å²) in [5.74, 6) is 0.291. The van der Waals surface area contributed by atoms with Crippen molar-refractivity contribution in [2.75, 3.05) is 26.1 Å². The van der Waals surface area contributed by atoms with E-state index < -0.39 is 16.1 Å². The number of nitro benzene ring substituents is 1. The van der Waals surface area contributed by atoms with Crippen molar-refractivity contribution >= 4 is 45.8 Å². The molecular weight excluding hydrogens is 520 g/mol. The fourth-order valence-corrected chi connectivity index (χ4v) is 5.14. The third-order valence-electron chi connectivity index (χ3n) is 6.10. The molecule has 3 aromatic carbocycles. The van der Waals surface area contributed by atoms with Gasteiger partial charge in [0, 0.05) is 19.0 Å². The monoisotopic (exact) mass is 548 g/mol. The van der Waals surface area contributed by atoms with Gasteiger partial charge in [0.25, 0.3) is 5.69 Å². The number of aryl methyl sites for hydroxylation is 1. The maximum Gasteiger partial charge on any atom is 0.273 e. The lowest BCUT2D eigenvalue weighted by Gasteiger charge is -2.17. The Morgan fingerprint density at radius 2 is 1.79 bits per heavy atom. The van der Waals surface area contributed by atoms with E-state index in [0.29, 0.717) is 23.8 Å². The van der Waals surface area contributed by atoms with E-state index in [1.165, 1.54) is 37.1 Å². The lowest BCUT2D eigenvalue weighted by atomic mass is 10.1. The molecule has 1 atom stereocenters. The minimum absolute atomic E-state index is 0.102. The largest absolute Gasteiger partial charge is 0.497 e. The van der Waals surface area contributed by atoms with Crippen molar-refractivity contribution in [2.45, 2.75) is 25.0 Å². The molecule has 39 heavy (non-hydrogen) atoms. The zero-order valence-corrected chi connectivity index (χ0v) is 22.6. The number of amides is 2. The number of nitrogens with one attached hydrogen (secondary N) is 1. The first-order valence-corrected chi connectivity index (χ1v) is 13.0. The van der Waals surface area contributed by atoms with Crippen LogP contribution in [0.1, 0.15) is 17.5 Å². The van der Waals surface area contributed by atoms with E-state index in [9.17, 15) is 19.7 Å². The standard InChI is InChI=1S/C28H28N4O6S/c1-18-4-8-20(9-5-18)29-28-31(15-14-19-6-11-22(37-2)12-7-19)27(34)25(39-28)17-26(33)30-23-13-10-21(32(35)36)16-24(23)38-3/h4-13,16,25H,14-15,17H2,1-3H3,(H,30,33). The summed E-state index contributed by atoms with van der Waals surface area (Å²) in [6.07, 6.45) is 0.498. The number of hydrogen-bond donors (Lipinski definition) is 1. The molecule has 1 fully saturated rings. The second-order valence-corrected chi connectivity index (χ2v) is 9.99. The zero-order valence-electron chi connectivity index (χ0n) is 21.7. The van der Waals surface area contributed by atoms with Crippen molar-refractivity contribution in [1.82, 2.24) is 4.90 Å². The number of hydrogen-bond acceptors (Lipinski definition) is 8. The highest BCUT2D eigenvalue weighted by molar-refractivity contribution is 8.15. The summed E-state index contributed by atoms with van der Waals surface area (Å²) >= 11 is 1.25. The van der Waals surface area contributed by atoms with Crippen LogP contribution in [0.15, 0.2) is 71.7 Å². The summed E-state index contributed by atoms with van der Waals surface area (Å²) in [5.41, 5.74) is 2.98. The molecule has 11 heteroatoms. The summed E-state index contributed by atoms with van der Waals surface area (Å²) in [7, 11) is 2.97. The SMILES string of the molecule is COc1ccc(CCN2C(=O)C(CC(=O)Nc3ccc([N+](=O)[O-])cc3OC)SC2=Nc2ccc(C)cc2)cc1. The van der Waals surface area contributed by atoms with E-state index in [1.807, 2.05) is 55.5 Å². The molecule has 0 aromatic heterocycles. The Kier molecular flexibility index (Phi) is 8.82. The zero-order chi connectivity index (χ0) is 27.9. The molecule has 10 nitrogen and oxygen atoms in total. The summed E-state index contributed by atoms with van der Waals surface area (Å²) in [6.45, 7) is 2.39. The van der Waals surface area contributed by atoms with Crippen LogP contribution in [0, 0.1) is 17.0 Å². The summed E-state index contributed by atoms with van der Waals surface area (Å²) in [6, 6.07) is 19.2. The van der Waals surface area contributed by atoms with Crippen LogP contribution < -0.4 is 14.8 Å². The topological polar surface area (TPSA) is 123 Å². The highest BCUT2D eigenvalue weighted by Gasteiger charge is 2.39. The van der Waals surface area contributed by atoms with E-state index in [-0.39, 0.29) is 29.5 Å². The van der Waals surface area contributed by atoms with Gasteiger partial charge in [-0.1, -0.05) is 41.6 Å². The first-order chi connectivity index (χ1) is 18.8. The number of aliphatic imine (C=N–C) groups is 1. The third kappa shape index (κ3) is 6.94. The Bertz CT molecular complexity index is 1390. The van der Waals surface area contributed by atoms with Crippen LogP contribution in [0.3, 0.4) is 0 Å². The molecular formula is C28H28N4O6S. The van der Waals surface area contributed by atoms with E-state index in [4.69, 9.17) is 14.5 Å². The summed E-state index contributed by atoms with van der Waals surface area (Å²) in [5, 5.41) is 13.6. The van der Waals surface area contributed by atoms with Crippen LogP contribution in [-0.4, -0.2) is 52.8 Å². The smallest absolute Gasteiger partial charge is 0.273 e. The number of non-ortho nitro benzene ring substituents is 1. The lowest BCUT2D eigenvalue weighted by molar-refractivity contribution is -0.384. The molecule has 0 saturated carbocycles. The second kappa shape index (κ2) is 12.4. The number of nitro groups is 1. The molecule has 1 saturated heterocycles. The molecule has 0 radical (unpaired) electrons. The molecule has 4 rings (SSSR count). The normalized spacial score (nSPS) is 15.9. The molecule has 1 heterocycles. The Morgan fingerprint density at radius 1 is 1.08 bits per heavy atom. The number of ether oxygens (including phenoxy) is 2. The van der Waals surface area contributed by atoms with Crippen LogP contribution in [0.25, 0.3) is 0 Å². The third-order valence-corrected chi connectivity index (χ3v) is 7.28.